The third kappa shape index (κ3) is 4.63. The lowest BCUT2D eigenvalue weighted by Crippen LogP contribution is -2.48. The molecule has 4 rings (SSSR count). The Balaban J connectivity index is 1.30. The van der Waals surface area contributed by atoms with Gasteiger partial charge in [0.25, 0.3) is 5.91 Å². The van der Waals surface area contributed by atoms with Crippen LogP contribution in [0.3, 0.4) is 0 Å². The lowest BCUT2D eigenvalue weighted by atomic mass is 10.1. The van der Waals surface area contributed by atoms with Crippen LogP contribution in [0, 0.1) is 0 Å². The van der Waals surface area contributed by atoms with Gasteiger partial charge >= 0.3 is 0 Å². The van der Waals surface area contributed by atoms with Crippen LogP contribution in [0.25, 0.3) is 0 Å². The van der Waals surface area contributed by atoms with Crippen LogP contribution in [-0.2, 0) is 24.2 Å². The van der Waals surface area contributed by atoms with Crippen molar-refractivity contribution >= 4 is 11.8 Å². The third-order valence-electron chi connectivity index (χ3n) is 5.72. The van der Waals surface area contributed by atoms with Crippen molar-refractivity contribution in [2.45, 2.75) is 58.1 Å². The van der Waals surface area contributed by atoms with Crippen molar-refractivity contribution in [3.05, 3.63) is 53.0 Å². The van der Waals surface area contributed by atoms with E-state index in [1.807, 2.05) is 11.0 Å². The van der Waals surface area contributed by atoms with Gasteiger partial charge in [-0.25, -0.2) is 0 Å². The van der Waals surface area contributed by atoms with E-state index in [0.717, 1.165) is 50.9 Å². The first-order valence-electron chi connectivity index (χ1n) is 10.5. The van der Waals surface area contributed by atoms with Crippen molar-refractivity contribution in [1.29, 1.82) is 0 Å². The second-order valence-electron chi connectivity index (χ2n) is 7.92. The molecule has 0 bridgehead atoms. The SMILES string of the molecule is CC(NC(=O)c1ccc(COc2ccc3c(c2)CCC3)o1)C(=O)N1CCCCC1. The zero-order chi connectivity index (χ0) is 20.2. The summed E-state index contributed by atoms with van der Waals surface area (Å²) in [6.45, 7) is 3.51. The maximum atomic E-state index is 12.5. The number of fused-ring (bicyclic) bond motifs is 1. The van der Waals surface area contributed by atoms with Crippen molar-refractivity contribution in [1.82, 2.24) is 10.2 Å². The van der Waals surface area contributed by atoms with Crippen molar-refractivity contribution in [2.75, 3.05) is 13.1 Å². The van der Waals surface area contributed by atoms with Crippen LogP contribution in [0.15, 0.2) is 34.7 Å². The fourth-order valence-corrected chi connectivity index (χ4v) is 4.09. The van der Waals surface area contributed by atoms with Gasteiger partial charge in [0.1, 0.15) is 24.2 Å². The predicted molar refractivity (Wildman–Crippen MR) is 109 cm³/mol. The van der Waals surface area contributed by atoms with Gasteiger partial charge in [0.2, 0.25) is 5.91 Å². The number of hydrogen-bond donors (Lipinski definition) is 1. The largest absolute Gasteiger partial charge is 0.486 e. The van der Waals surface area contributed by atoms with E-state index < -0.39 is 6.04 Å². The Hall–Kier alpha value is -2.76. The van der Waals surface area contributed by atoms with Crippen LogP contribution in [0.2, 0.25) is 0 Å². The number of piperidine rings is 1. The van der Waals surface area contributed by atoms with Crippen LogP contribution in [0.4, 0.5) is 0 Å². The molecule has 2 aromatic rings. The normalized spacial score (nSPS) is 16.9. The minimum Gasteiger partial charge on any atom is -0.486 e. The van der Waals surface area contributed by atoms with Crippen LogP contribution in [0.1, 0.15) is 60.0 Å². The van der Waals surface area contributed by atoms with Gasteiger partial charge in [-0.2, -0.15) is 0 Å². The van der Waals surface area contributed by atoms with Crippen LogP contribution in [-0.4, -0.2) is 35.8 Å². The van der Waals surface area contributed by atoms with E-state index >= 15 is 0 Å². The summed E-state index contributed by atoms with van der Waals surface area (Å²) in [7, 11) is 0. The number of nitrogens with one attached hydrogen (secondary N) is 1. The Morgan fingerprint density at radius 1 is 1.07 bits per heavy atom. The summed E-state index contributed by atoms with van der Waals surface area (Å²) in [6.07, 6.45) is 6.66. The monoisotopic (exact) mass is 396 g/mol. The topological polar surface area (TPSA) is 71.8 Å². The molecule has 1 unspecified atom stereocenters. The number of rotatable bonds is 6. The fourth-order valence-electron chi connectivity index (χ4n) is 4.09. The summed E-state index contributed by atoms with van der Waals surface area (Å²) >= 11 is 0. The minimum atomic E-state index is -0.572. The lowest BCUT2D eigenvalue weighted by molar-refractivity contribution is -0.133. The molecule has 0 saturated carbocycles. The average molecular weight is 396 g/mol. The molecule has 2 amide bonds. The van der Waals surface area contributed by atoms with E-state index in [-0.39, 0.29) is 24.2 Å². The molecule has 1 atom stereocenters. The van der Waals surface area contributed by atoms with E-state index in [4.69, 9.17) is 9.15 Å². The highest BCUT2D eigenvalue weighted by Crippen LogP contribution is 2.26. The number of amides is 2. The third-order valence-corrected chi connectivity index (χ3v) is 5.72. The zero-order valence-corrected chi connectivity index (χ0v) is 16.9. The van der Waals surface area contributed by atoms with E-state index in [1.165, 1.54) is 17.5 Å². The Morgan fingerprint density at radius 2 is 1.86 bits per heavy atom. The number of aryl methyl sites for hydroxylation is 2. The zero-order valence-electron chi connectivity index (χ0n) is 16.9. The number of hydrogen-bond acceptors (Lipinski definition) is 4. The van der Waals surface area contributed by atoms with Crippen molar-refractivity contribution < 1.29 is 18.7 Å². The standard InChI is InChI=1S/C23H28N2O4/c1-16(23(27)25-12-3-2-4-13-25)24-22(26)21-11-10-20(29-21)15-28-19-9-8-17-6-5-7-18(17)14-19/h8-11,14,16H,2-7,12-13,15H2,1H3,(H,24,26). The first-order chi connectivity index (χ1) is 14.1. The minimum absolute atomic E-state index is 0.0372. The molecule has 1 aromatic heterocycles. The summed E-state index contributed by atoms with van der Waals surface area (Å²) < 4.78 is 11.4. The lowest BCUT2D eigenvalue weighted by Gasteiger charge is -2.29. The molecule has 1 fully saturated rings. The summed E-state index contributed by atoms with van der Waals surface area (Å²) in [6, 6.07) is 8.98. The molecule has 154 valence electrons. The fraction of sp³-hybridized carbons (Fsp3) is 0.478. The summed E-state index contributed by atoms with van der Waals surface area (Å²) in [5, 5.41) is 2.74. The van der Waals surface area contributed by atoms with Crippen LogP contribution >= 0.6 is 0 Å². The number of likely N-dealkylation sites (tertiary alicyclic amines) is 1. The van der Waals surface area contributed by atoms with Crippen LogP contribution in [0.5, 0.6) is 5.75 Å². The maximum absolute atomic E-state index is 12.5. The number of furan rings is 1. The quantitative estimate of drug-likeness (QED) is 0.811. The molecule has 1 aliphatic carbocycles. The molecular weight excluding hydrogens is 368 g/mol. The van der Waals surface area contributed by atoms with Gasteiger partial charge in [-0.05, 0) is 80.8 Å². The van der Waals surface area contributed by atoms with Gasteiger partial charge in [-0.15, -0.1) is 0 Å². The smallest absolute Gasteiger partial charge is 0.287 e. The Bertz CT molecular complexity index is 883. The van der Waals surface area contributed by atoms with Crippen molar-refractivity contribution in [3.8, 4) is 5.75 Å². The van der Waals surface area contributed by atoms with Gasteiger partial charge in [0, 0.05) is 13.1 Å². The van der Waals surface area contributed by atoms with Crippen molar-refractivity contribution in [3.63, 3.8) is 0 Å². The van der Waals surface area contributed by atoms with Gasteiger partial charge in [0.15, 0.2) is 5.76 Å². The van der Waals surface area contributed by atoms with Gasteiger partial charge in [-0.1, -0.05) is 6.07 Å². The molecule has 1 aromatic carbocycles. The molecule has 2 aliphatic rings. The molecular formula is C23H28N2O4. The summed E-state index contributed by atoms with van der Waals surface area (Å²) in [5.41, 5.74) is 2.76. The highest BCUT2D eigenvalue weighted by molar-refractivity contribution is 5.95. The molecule has 1 N–H and O–H groups in total. The Labute approximate surface area is 171 Å². The van der Waals surface area contributed by atoms with E-state index in [1.54, 1.807) is 19.1 Å². The number of carbonyl (C=O) groups is 2. The molecule has 0 spiro atoms. The molecule has 6 nitrogen and oxygen atoms in total. The number of nitrogens with zero attached hydrogens (tertiary/aromatic N) is 1. The number of benzene rings is 1. The van der Waals surface area contributed by atoms with Crippen LogP contribution < -0.4 is 10.1 Å². The predicted octanol–water partition coefficient (Wildman–Crippen LogP) is 3.48. The molecule has 29 heavy (non-hydrogen) atoms. The summed E-state index contributed by atoms with van der Waals surface area (Å²) in [4.78, 5) is 26.7. The molecule has 2 heterocycles. The summed E-state index contributed by atoms with van der Waals surface area (Å²) in [5.74, 6) is 1.16. The molecule has 0 radical (unpaired) electrons. The van der Waals surface area contributed by atoms with Gasteiger partial charge < -0.3 is 19.4 Å². The molecule has 1 aliphatic heterocycles. The average Bonchev–Trinajstić information content (AvgIpc) is 3.41. The van der Waals surface area contributed by atoms with Gasteiger partial charge in [0.05, 0.1) is 0 Å². The van der Waals surface area contributed by atoms with E-state index in [2.05, 4.69) is 17.4 Å². The van der Waals surface area contributed by atoms with E-state index in [9.17, 15) is 9.59 Å². The number of carbonyl (C=O) groups excluding carboxylic acids is 2. The first kappa shape index (κ1) is 19.6. The maximum Gasteiger partial charge on any atom is 0.287 e. The Kier molecular flexibility index (Phi) is 5.88. The van der Waals surface area contributed by atoms with Gasteiger partial charge in [-0.3, -0.25) is 9.59 Å². The van der Waals surface area contributed by atoms with Crippen molar-refractivity contribution in [2.24, 2.45) is 0 Å². The Morgan fingerprint density at radius 3 is 2.69 bits per heavy atom. The molecule has 6 heteroatoms. The van der Waals surface area contributed by atoms with E-state index in [0.29, 0.717) is 5.76 Å². The molecule has 1 saturated heterocycles. The second kappa shape index (κ2) is 8.72. The highest BCUT2D eigenvalue weighted by atomic mass is 16.5. The second-order valence-corrected chi connectivity index (χ2v) is 7.92. The number of ether oxygens (including phenoxy) is 1. The first-order valence-corrected chi connectivity index (χ1v) is 10.5. The highest BCUT2D eigenvalue weighted by Gasteiger charge is 2.24.